The summed E-state index contributed by atoms with van der Waals surface area (Å²) in [6.45, 7) is 2.80. The van der Waals surface area contributed by atoms with E-state index in [9.17, 15) is 4.79 Å². The van der Waals surface area contributed by atoms with Gasteiger partial charge in [-0.1, -0.05) is 30.9 Å². The molecular weight excluding hydrogens is 226 g/mol. The van der Waals surface area contributed by atoms with E-state index in [0.29, 0.717) is 6.04 Å². The quantitative estimate of drug-likeness (QED) is 0.669. The first-order valence-corrected chi connectivity index (χ1v) is 7.27. The predicted octanol–water partition coefficient (Wildman–Crippen LogP) is 1.93. The monoisotopic (exact) mass is 251 g/mol. The highest BCUT2D eigenvalue weighted by Gasteiger charge is 2.15. The second-order valence-corrected chi connectivity index (χ2v) is 5.30. The second-order valence-electron chi connectivity index (χ2n) is 5.30. The van der Waals surface area contributed by atoms with Crippen molar-refractivity contribution < 1.29 is 4.79 Å². The zero-order chi connectivity index (χ0) is 12.6. The predicted molar refractivity (Wildman–Crippen MR) is 73.6 cm³/mol. The van der Waals surface area contributed by atoms with Crippen molar-refractivity contribution in [1.82, 2.24) is 16.0 Å². The van der Waals surface area contributed by atoms with Crippen LogP contribution in [0.3, 0.4) is 0 Å². The van der Waals surface area contributed by atoms with Crippen LogP contribution in [0.1, 0.15) is 44.9 Å². The number of nitrogens with one attached hydrogen (secondary N) is 3. The van der Waals surface area contributed by atoms with Gasteiger partial charge in [-0.05, 0) is 32.2 Å². The minimum absolute atomic E-state index is 0.0106. The molecule has 2 aliphatic rings. The standard InChI is InChI=1S/C14H25N3O/c18-14(17-13-4-2-1-3-5-13)16-11-8-12-6-9-15-10-7-12/h6,13,15H,1-5,7-11H2,(H2,16,17,18). The Morgan fingerprint density at radius 2 is 2.17 bits per heavy atom. The van der Waals surface area contributed by atoms with Crippen molar-refractivity contribution in [3.05, 3.63) is 11.6 Å². The van der Waals surface area contributed by atoms with Crippen molar-refractivity contribution in [2.75, 3.05) is 19.6 Å². The molecule has 102 valence electrons. The van der Waals surface area contributed by atoms with E-state index in [1.54, 1.807) is 0 Å². The molecule has 1 heterocycles. The van der Waals surface area contributed by atoms with Crippen LogP contribution in [0.15, 0.2) is 11.6 Å². The van der Waals surface area contributed by atoms with Crippen molar-refractivity contribution in [1.29, 1.82) is 0 Å². The fourth-order valence-corrected chi connectivity index (χ4v) is 2.72. The summed E-state index contributed by atoms with van der Waals surface area (Å²) in [5.74, 6) is 0. The van der Waals surface area contributed by atoms with Crippen molar-refractivity contribution >= 4 is 6.03 Å². The maximum Gasteiger partial charge on any atom is 0.315 e. The number of carbonyl (C=O) groups excluding carboxylic acids is 1. The molecule has 0 spiro atoms. The maximum absolute atomic E-state index is 11.7. The topological polar surface area (TPSA) is 53.2 Å². The fraction of sp³-hybridized carbons (Fsp3) is 0.786. The molecule has 0 unspecified atom stereocenters. The summed E-state index contributed by atoms with van der Waals surface area (Å²) in [5, 5.41) is 9.33. The molecule has 0 bridgehead atoms. The Labute approximate surface area is 110 Å². The summed E-state index contributed by atoms with van der Waals surface area (Å²) in [6, 6.07) is 0.410. The SMILES string of the molecule is O=C(NCCC1=CCNCC1)NC1CCCCC1. The molecule has 1 aliphatic carbocycles. The van der Waals surface area contributed by atoms with Gasteiger partial charge in [-0.3, -0.25) is 0 Å². The molecule has 0 aromatic carbocycles. The molecule has 2 rings (SSSR count). The van der Waals surface area contributed by atoms with Gasteiger partial charge in [0.2, 0.25) is 0 Å². The van der Waals surface area contributed by atoms with Gasteiger partial charge in [-0.2, -0.15) is 0 Å². The molecule has 1 saturated carbocycles. The Balaban J connectivity index is 1.57. The van der Waals surface area contributed by atoms with Crippen molar-refractivity contribution in [3.63, 3.8) is 0 Å². The van der Waals surface area contributed by atoms with Gasteiger partial charge in [-0.25, -0.2) is 4.79 Å². The van der Waals surface area contributed by atoms with E-state index in [-0.39, 0.29) is 6.03 Å². The third kappa shape index (κ3) is 4.69. The number of hydrogen-bond donors (Lipinski definition) is 3. The van der Waals surface area contributed by atoms with E-state index in [1.807, 2.05) is 0 Å². The molecule has 1 aliphatic heterocycles. The molecule has 18 heavy (non-hydrogen) atoms. The minimum Gasteiger partial charge on any atom is -0.338 e. The van der Waals surface area contributed by atoms with E-state index in [0.717, 1.165) is 45.3 Å². The van der Waals surface area contributed by atoms with Gasteiger partial charge >= 0.3 is 6.03 Å². The lowest BCUT2D eigenvalue weighted by Crippen LogP contribution is -2.43. The van der Waals surface area contributed by atoms with E-state index >= 15 is 0 Å². The van der Waals surface area contributed by atoms with Gasteiger partial charge in [0.25, 0.3) is 0 Å². The summed E-state index contributed by atoms with van der Waals surface area (Å²) in [5.41, 5.74) is 1.46. The van der Waals surface area contributed by atoms with Crippen LogP contribution in [0.5, 0.6) is 0 Å². The molecule has 0 radical (unpaired) electrons. The second kappa shape index (κ2) is 7.41. The normalized spacial score (nSPS) is 21.2. The van der Waals surface area contributed by atoms with E-state index in [2.05, 4.69) is 22.0 Å². The Morgan fingerprint density at radius 1 is 1.33 bits per heavy atom. The highest BCUT2D eigenvalue weighted by molar-refractivity contribution is 5.74. The summed E-state index contributed by atoms with van der Waals surface area (Å²) in [7, 11) is 0. The van der Waals surface area contributed by atoms with E-state index in [4.69, 9.17) is 0 Å². The van der Waals surface area contributed by atoms with Crippen LogP contribution in [-0.2, 0) is 0 Å². The van der Waals surface area contributed by atoms with Gasteiger partial charge in [0.05, 0.1) is 0 Å². The molecule has 3 N–H and O–H groups in total. The van der Waals surface area contributed by atoms with Crippen LogP contribution in [0.4, 0.5) is 4.79 Å². The molecule has 0 atom stereocenters. The highest BCUT2D eigenvalue weighted by atomic mass is 16.2. The van der Waals surface area contributed by atoms with Gasteiger partial charge < -0.3 is 16.0 Å². The lowest BCUT2D eigenvalue weighted by molar-refractivity contribution is 0.233. The zero-order valence-corrected chi connectivity index (χ0v) is 11.1. The molecule has 1 fully saturated rings. The number of rotatable bonds is 4. The van der Waals surface area contributed by atoms with Crippen LogP contribution in [0.25, 0.3) is 0 Å². The van der Waals surface area contributed by atoms with Crippen LogP contribution in [0.2, 0.25) is 0 Å². The highest BCUT2D eigenvalue weighted by Crippen LogP contribution is 2.17. The first-order chi connectivity index (χ1) is 8.84. The molecule has 4 heteroatoms. The van der Waals surface area contributed by atoms with Crippen molar-refractivity contribution in [2.45, 2.75) is 51.0 Å². The lowest BCUT2D eigenvalue weighted by atomic mass is 9.96. The average Bonchev–Trinajstić information content (AvgIpc) is 2.41. The Hall–Kier alpha value is -1.03. The average molecular weight is 251 g/mol. The Kier molecular flexibility index (Phi) is 5.52. The maximum atomic E-state index is 11.7. The van der Waals surface area contributed by atoms with Gasteiger partial charge in [0.15, 0.2) is 0 Å². The fourth-order valence-electron chi connectivity index (χ4n) is 2.72. The Bertz CT molecular complexity index is 295. The summed E-state index contributed by atoms with van der Waals surface area (Å²) >= 11 is 0. The molecule has 0 aromatic rings. The van der Waals surface area contributed by atoms with Crippen molar-refractivity contribution in [2.24, 2.45) is 0 Å². The first-order valence-electron chi connectivity index (χ1n) is 7.27. The number of carbonyl (C=O) groups is 1. The third-order valence-corrected chi connectivity index (χ3v) is 3.83. The molecular formula is C14H25N3O. The van der Waals surface area contributed by atoms with Gasteiger partial charge in [0, 0.05) is 19.1 Å². The number of hydrogen-bond acceptors (Lipinski definition) is 2. The number of amides is 2. The Morgan fingerprint density at radius 3 is 2.89 bits per heavy atom. The van der Waals surface area contributed by atoms with E-state index < -0.39 is 0 Å². The zero-order valence-electron chi connectivity index (χ0n) is 11.1. The third-order valence-electron chi connectivity index (χ3n) is 3.83. The molecule has 0 aromatic heterocycles. The van der Waals surface area contributed by atoms with Gasteiger partial charge in [-0.15, -0.1) is 0 Å². The molecule has 4 nitrogen and oxygen atoms in total. The smallest absolute Gasteiger partial charge is 0.315 e. The minimum atomic E-state index is 0.0106. The summed E-state index contributed by atoms with van der Waals surface area (Å²) < 4.78 is 0. The first kappa shape index (κ1) is 13.4. The van der Waals surface area contributed by atoms with Crippen LogP contribution in [-0.4, -0.2) is 31.7 Å². The summed E-state index contributed by atoms with van der Waals surface area (Å²) in [6.07, 6.45) is 10.5. The summed E-state index contributed by atoms with van der Waals surface area (Å²) in [4.78, 5) is 11.7. The number of urea groups is 1. The largest absolute Gasteiger partial charge is 0.338 e. The van der Waals surface area contributed by atoms with Crippen LogP contribution < -0.4 is 16.0 Å². The molecule has 2 amide bonds. The van der Waals surface area contributed by atoms with Gasteiger partial charge in [0.1, 0.15) is 0 Å². The van der Waals surface area contributed by atoms with Crippen LogP contribution >= 0.6 is 0 Å². The lowest BCUT2D eigenvalue weighted by Gasteiger charge is -2.23. The van der Waals surface area contributed by atoms with E-state index in [1.165, 1.54) is 24.8 Å². The van der Waals surface area contributed by atoms with Crippen molar-refractivity contribution in [3.8, 4) is 0 Å². The molecule has 0 saturated heterocycles. The van der Waals surface area contributed by atoms with Crippen LogP contribution in [0, 0.1) is 0 Å².